The second-order valence-electron chi connectivity index (χ2n) is 9.56. The van der Waals surface area contributed by atoms with Crippen molar-refractivity contribution in [2.24, 2.45) is 0 Å². The lowest BCUT2D eigenvalue weighted by molar-refractivity contribution is -0.119. The van der Waals surface area contributed by atoms with Crippen LogP contribution in [0.25, 0.3) is 0 Å². The van der Waals surface area contributed by atoms with E-state index in [0.717, 1.165) is 24.8 Å². The Kier molecular flexibility index (Phi) is 9.46. The van der Waals surface area contributed by atoms with Crippen LogP contribution in [0.4, 0.5) is 5.69 Å². The zero-order valence-electron chi connectivity index (χ0n) is 22.0. The van der Waals surface area contributed by atoms with E-state index in [0.29, 0.717) is 73.8 Å². The largest absolute Gasteiger partial charge is 0.497 e. The van der Waals surface area contributed by atoms with Crippen LogP contribution < -0.4 is 24.3 Å². The highest BCUT2D eigenvalue weighted by atomic mass is 16.6. The number of amides is 1. The molecule has 0 radical (unpaired) electrons. The minimum atomic E-state index is -0.513. The average Bonchev–Trinajstić information content (AvgIpc) is 2.90. The number of fused-ring (bicyclic) bond motifs is 2. The topological polar surface area (TPSA) is 109 Å². The van der Waals surface area contributed by atoms with Gasteiger partial charge in [-0.2, -0.15) is 0 Å². The Morgan fingerprint density at radius 2 is 1.74 bits per heavy atom. The van der Waals surface area contributed by atoms with Crippen molar-refractivity contribution < 1.29 is 38.1 Å². The molecule has 0 saturated heterocycles. The van der Waals surface area contributed by atoms with Gasteiger partial charge in [0, 0.05) is 30.7 Å². The summed E-state index contributed by atoms with van der Waals surface area (Å²) in [6.07, 6.45) is 5.05. The third kappa shape index (κ3) is 7.40. The predicted molar refractivity (Wildman–Crippen MR) is 140 cm³/mol. The number of Topliss-reactive ketones (excluding diaryl/α,β-unsaturated/α-hetero) is 1. The Balaban J connectivity index is 1.51. The van der Waals surface area contributed by atoms with E-state index in [2.05, 4.69) is 5.32 Å². The van der Waals surface area contributed by atoms with E-state index in [4.69, 9.17) is 23.7 Å². The fourth-order valence-electron chi connectivity index (χ4n) is 4.59. The molecule has 204 valence electrons. The molecule has 2 aromatic carbocycles. The van der Waals surface area contributed by atoms with Crippen molar-refractivity contribution in [1.82, 2.24) is 0 Å². The molecular weight excluding hydrogens is 490 g/mol. The van der Waals surface area contributed by atoms with Gasteiger partial charge in [0.25, 0.3) is 5.91 Å². The number of benzene rings is 2. The van der Waals surface area contributed by atoms with Gasteiger partial charge in [0.1, 0.15) is 36.1 Å². The highest BCUT2D eigenvalue weighted by molar-refractivity contribution is 5.96. The van der Waals surface area contributed by atoms with Crippen LogP contribution in [0.2, 0.25) is 0 Å². The molecule has 1 atom stereocenters. The van der Waals surface area contributed by atoms with Gasteiger partial charge in [0.2, 0.25) is 0 Å². The third-order valence-electron chi connectivity index (χ3n) is 6.56. The molecule has 9 nitrogen and oxygen atoms in total. The second-order valence-corrected chi connectivity index (χ2v) is 9.56. The summed E-state index contributed by atoms with van der Waals surface area (Å²) in [7, 11) is 1.54. The number of rotatable bonds is 5. The number of aryl methyl sites for hydroxylation is 1. The summed E-state index contributed by atoms with van der Waals surface area (Å²) in [4.78, 5) is 38.1. The maximum atomic E-state index is 13.3. The fourth-order valence-corrected chi connectivity index (χ4v) is 4.59. The van der Waals surface area contributed by atoms with E-state index in [-0.39, 0.29) is 24.2 Å². The average molecular weight is 526 g/mol. The zero-order valence-corrected chi connectivity index (χ0v) is 22.0. The van der Waals surface area contributed by atoms with E-state index in [1.165, 1.54) is 7.11 Å². The maximum Gasteiger partial charge on any atom is 0.342 e. The van der Waals surface area contributed by atoms with Crippen molar-refractivity contribution in [3.8, 4) is 23.0 Å². The highest BCUT2D eigenvalue weighted by Gasteiger charge is 2.24. The molecule has 2 heterocycles. The minimum Gasteiger partial charge on any atom is -0.497 e. The summed E-state index contributed by atoms with van der Waals surface area (Å²) in [5.41, 5.74) is 1.58. The number of carbonyl (C=O) groups is 3. The summed E-state index contributed by atoms with van der Waals surface area (Å²) in [6.45, 7) is 2.43. The highest BCUT2D eigenvalue weighted by Crippen LogP contribution is 2.34. The second kappa shape index (κ2) is 13.2. The lowest BCUT2D eigenvalue weighted by Gasteiger charge is -2.20. The zero-order chi connectivity index (χ0) is 26.9. The lowest BCUT2D eigenvalue weighted by Crippen LogP contribution is -2.23. The molecule has 0 aliphatic carbocycles. The number of methoxy groups -OCH3 is 1. The molecule has 2 aromatic rings. The van der Waals surface area contributed by atoms with E-state index >= 15 is 0 Å². The quantitative estimate of drug-likeness (QED) is 0.550. The van der Waals surface area contributed by atoms with Gasteiger partial charge in [-0.25, -0.2) is 4.79 Å². The Hall–Kier alpha value is -3.75. The van der Waals surface area contributed by atoms with Crippen LogP contribution in [0.1, 0.15) is 67.8 Å². The monoisotopic (exact) mass is 525 g/mol. The summed E-state index contributed by atoms with van der Waals surface area (Å²) >= 11 is 0. The van der Waals surface area contributed by atoms with Gasteiger partial charge in [-0.1, -0.05) is 6.42 Å². The number of anilines is 1. The Morgan fingerprint density at radius 3 is 2.55 bits per heavy atom. The molecule has 0 spiro atoms. The molecule has 4 rings (SSSR count). The summed E-state index contributed by atoms with van der Waals surface area (Å²) in [5.74, 6) is 1.29. The first-order valence-corrected chi connectivity index (χ1v) is 13.2. The molecule has 0 fully saturated rings. The van der Waals surface area contributed by atoms with Gasteiger partial charge in [0.15, 0.2) is 18.1 Å². The number of hydrogen-bond acceptors (Lipinski definition) is 8. The molecule has 0 bridgehead atoms. The summed E-state index contributed by atoms with van der Waals surface area (Å²) in [6, 6.07) is 8.57. The number of esters is 1. The van der Waals surface area contributed by atoms with Gasteiger partial charge in [-0.15, -0.1) is 0 Å². The normalized spacial score (nSPS) is 18.4. The van der Waals surface area contributed by atoms with Crippen LogP contribution in [0.5, 0.6) is 23.0 Å². The predicted octanol–water partition coefficient (Wildman–Crippen LogP) is 4.89. The smallest absolute Gasteiger partial charge is 0.342 e. The SMILES string of the molecule is COc1cc2c(c(OCC(=O)Nc3ccc4c(c3)OCCO4)c1)C(=O)O[C@@H](C)CCCC(=O)CCCCC2. The summed E-state index contributed by atoms with van der Waals surface area (Å²) in [5, 5.41) is 2.79. The molecule has 9 heteroatoms. The van der Waals surface area contributed by atoms with Crippen molar-refractivity contribution in [3.05, 3.63) is 41.5 Å². The van der Waals surface area contributed by atoms with Crippen LogP contribution >= 0.6 is 0 Å². The minimum absolute atomic E-state index is 0.233. The molecule has 2 aliphatic heterocycles. The standard InChI is InChI=1S/C29H35NO8/c1-19-7-6-10-22(31)9-5-3-4-8-20-15-23(34-2)17-26(28(20)29(33)38-19)37-18-27(32)30-21-11-12-24-25(16-21)36-14-13-35-24/h11-12,15-17,19H,3-10,13-14,18H2,1-2H3,(H,30,32)/t19-/m0/s1. The Bertz CT molecular complexity index is 1160. The number of carbonyl (C=O) groups excluding carboxylic acids is 3. The molecule has 0 saturated carbocycles. The van der Waals surface area contributed by atoms with E-state index in [1.807, 2.05) is 6.92 Å². The van der Waals surface area contributed by atoms with E-state index in [1.54, 1.807) is 30.3 Å². The van der Waals surface area contributed by atoms with Gasteiger partial charge in [0.05, 0.1) is 13.2 Å². The van der Waals surface area contributed by atoms with Crippen molar-refractivity contribution in [2.45, 2.75) is 64.4 Å². The van der Waals surface area contributed by atoms with E-state index in [9.17, 15) is 14.4 Å². The van der Waals surface area contributed by atoms with Crippen molar-refractivity contribution >= 4 is 23.3 Å². The Labute approximate surface area is 222 Å². The van der Waals surface area contributed by atoms with Crippen LogP contribution in [0.15, 0.2) is 30.3 Å². The Morgan fingerprint density at radius 1 is 0.974 bits per heavy atom. The van der Waals surface area contributed by atoms with Crippen LogP contribution in [-0.4, -0.2) is 50.7 Å². The maximum absolute atomic E-state index is 13.3. The first-order valence-electron chi connectivity index (χ1n) is 13.2. The van der Waals surface area contributed by atoms with Gasteiger partial charge >= 0.3 is 5.97 Å². The van der Waals surface area contributed by atoms with Crippen molar-refractivity contribution in [2.75, 3.05) is 32.2 Å². The molecule has 1 N–H and O–H groups in total. The van der Waals surface area contributed by atoms with Gasteiger partial charge < -0.3 is 29.0 Å². The number of hydrogen-bond donors (Lipinski definition) is 1. The number of cyclic esters (lactones) is 1. The van der Waals surface area contributed by atoms with Gasteiger partial charge in [-0.05, 0) is 62.8 Å². The van der Waals surface area contributed by atoms with Crippen LogP contribution in [0.3, 0.4) is 0 Å². The van der Waals surface area contributed by atoms with Crippen LogP contribution in [-0.2, 0) is 20.7 Å². The van der Waals surface area contributed by atoms with Crippen LogP contribution in [0, 0.1) is 0 Å². The molecule has 38 heavy (non-hydrogen) atoms. The van der Waals surface area contributed by atoms with Crippen molar-refractivity contribution in [3.63, 3.8) is 0 Å². The third-order valence-corrected chi connectivity index (χ3v) is 6.56. The number of nitrogens with one attached hydrogen (secondary N) is 1. The molecule has 1 amide bonds. The number of ketones is 1. The first-order chi connectivity index (χ1) is 18.4. The first kappa shape index (κ1) is 27.3. The molecular formula is C29H35NO8. The lowest BCUT2D eigenvalue weighted by atomic mass is 9.98. The van der Waals surface area contributed by atoms with Crippen molar-refractivity contribution in [1.29, 1.82) is 0 Å². The van der Waals surface area contributed by atoms with E-state index < -0.39 is 11.9 Å². The van der Waals surface area contributed by atoms with Gasteiger partial charge in [-0.3, -0.25) is 9.59 Å². The molecule has 0 unspecified atom stereocenters. The summed E-state index contributed by atoms with van der Waals surface area (Å²) < 4.78 is 28.2. The molecule has 2 aliphatic rings. The number of ether oxygens (including phenoxy) is 5. The molecule has 0 aromatic heterocycles. The fraction of sp³-hybridized carbons (Fsp3) is 0.483.